The largest absolute Gasteiger partial charge is 0.489 e. The predicted molar refractivity (Wildman–Crippen MR) is 123 cm³/mol. The van der Waals surface area contributed by atoms with Crippen LogP contribution in [0, 0.1) is 17.8 Å². The molecule has 11 heteroatoms. The fraction of sp³-hybridized carbons (Fsp3) is 0.250. The lowest BCUT2D eigenvalue weighted by Crippen LogP contribution is -2.50. The van der Waals surface area contributed by atoms with Gasteiger partial charge in [-0.1, -0.05) is 17.9 Å². The maximum Gasteiger partial charge on any atom is 0.342 e. The molecule has 2 N–H and O–H groups in total. The molecule has 0 spiro atoms. The van der Waals surface area contributed by atoms with Gasteiger partial charge in [-0.3, -0.25) is 4.79 Å². The van der Waals surface area contributed by atoms with E-state index in [0.717, 1.165) is 4.68 Å². The maximum atomic E-state index is 13.2. The number of hydrogen-bond acceptors (Lipinski definition) is 7. The Morgan fingerprint density at radius 1 is 1.34 bits per heavy atom. The van der Waals surface area contributed by atoms with Gasteiger partial charge in [0.1, 0.15) is 24.0 Å². The fourth-order valence-electron chi connectivity index (χ4n) is 3.16. The van der Waals surface area contributed by atoms with Gasteiger partial charge in [-0.15, -0.1) is 0 Å². The Labute approximate surface area is 200 Å². The van der Waals surface area contributed by atoms with Gasteiger partial charge in [0.05, 0.1) is 18.1 Å². The maximum absolute atomic E-state index is 13.2. The van der Waals surface area contributed by atoms with E-state index in [4.69, 9.17) is 9.47 Å². The molecule has 0 saturated heterocycles. The first-order valence-electron chi connectivity index (χ1n) is 10.5. The number of hydrogen-bond donors (Lipinski definition) is 2. The third kappa shape index (κ3) is 5.74. The van der Waals surface area contributed by atoms with Crippen molar-refractivity contribution in [2.45, 2.75) is 25.5 Å². The number of carbonyl (C=O) groups excluding carboxylic acids is 2. The average Bonchev–Trinajstić information content (AvgIpc) is 3.23. The standard InChI is InChI=1S/C24H22FN5O5/c1-24(2,33)10-9-15-7-8-19-18(11-15)29(3)22(31)17(14-34-19)27-23(32)30-13-16(12-26-30)35-21-6-4-5-20(25)28-21/h4-8,11-13,17,33H,14H2,1-3H3,(H,27,32). The molecule has 1 aliphatic rings. The van der Waals surface area contributed by atoms with Crippen molar-refractivity contribution in [3.8, 4) is 29.2 Å². The second-order valence-corrected chi connectivity index (χ2v) is 8.22. The topological polar surface area (TPSA) is 119 Å². The number of pyridine rings is 1. The predicted octanol–water partition coefficient (Wildman–Crippen LogP) is 2.31. The zero-order valence-corrected chi connectivity index (χ0v) is 19.2. The van der Waals surface area contributed by atoms with Crippen molar-refractivity contribution < 1.29 is 28.6 Å². The second kappa shape index (κ2) is 9.44. The molecule has 1 atom stereocenters. The molecule has 0 saturated carbocycles. The summed E-state index contributed by atoms with van der Waals surface area (Å²) in [5.74, 6) is 5.08. The molecule has 1 unspecified atom stereocenters. The lowest BCUT2D eigenvalue weighted by molar-refractivity contribution is -0.120. The van der Waals surface area contributed by atoms with Gasteiger partial charge in [0.15, 0.2) is 5.75 Å². The Hall–Kier alpha value is -4.43. The van der Waals surface area contributed by atoms with Gasteiger partial charge in [0, 0.05) is 18.7 Å². The molecule has 0 fully saturated rings. The van der Waals surface area contributed by atoms with E-state index in [0.29, 0.717) is 17.0 Å². The number of aliphatic hydroxyl groups is 1. The average molecular weight is 479 g/mol. The van der Waals surface area contributed by atoms with E-state index in [2.05, 4.69) is 27.2 Å². The highest BCUT2D eigenvalue weighted by Gasteiger charge is 2.31. The highest BCUT2D eigenvalue weighted by molar-refractivity contribution is 6.00. The molecule has 4 rings (SSSR count). The number of carbonyl (C=O) groups is 2. The number of rotatable bonds is 3. The molecule has 0 aliphatic carbocycles. The van der Waals surface area contributed by atoms with Crippen LogP contribution in [0.5, 0.6) is 17.4 Å². The molecule has 2 amide bonds. The Balaban J connectivity index is 1.45. The van der Waals surface area contributed by atoms with Crippen LogP contribution in [0.2, 0.25) is 0 Å². The van der Waals surface area contributed by atoms with Crippen molar-refractivity contribution in [1.29, 1.82) is 0 Å². The van der Waals surface area contributed by atoms with E-state index in [1.165, 1.54) is 35.5 Å². The van der Waals surface area contributed by atoms with Crippen LogP contribution in [0.4, 0.5) is 14.9 Å². The lowest BCUT2D eigenvalue weighted by Gasteiger charge is -2.20. The van der Waals surface area contributed by atoms with Crippen LogP contribution in [-0.2, 0) is 4.79 Å². The summed E-state index contributed by atoms with van der Waals surface area (Å²) in [5, 5.41) is 16.3. The molecule has 0 radical (unpaired) electrons. The number of fused-ring (bicyclic) bond motifs is 1. The Bertz CT molecular complexity index is 1340. The summed E-state index contributed by atoms with van der Waals surface area (Å²) < 4.78 is 25.3. The van der Waals surface area contributed by atoms with Gasteiger partial charge in [-0.2, -0.15) is 19.2 Å². The van der Waals surface area contributed by atoms with E-state index < -0.39 is 29.5 Å². The number of nitrogens with zero attached hydrogens (tertiary/aromatic N) is 4. The van der Waals surface area contributed by atoms with Crippen LogP contribution < -0.4 is 19.7 Å². The summed E-state index contributed by atoms with van der Waals surface area (Å²) in [6.45, 7) is 3.04. The minimum Gasteiger partial charge on any atom is -0.489 e. The van der Waals surface area contributed by atoms with E-state index >= 15 is 0 Å². The number of amides is 2. The molecule has 0 bridgehead atoms. The number of aromatic nitrogens is 3. The first kappa shape index (κ1) is 23.7. The van der Waals surface area contributed by atoms with Crippen LogP contribution >= 0.6 is 0 Å². The number of likely N-dealkylation sites (N-methyl/N-ethyl adjacent to an activating group) is 1. The van der Waals surface area contributed by atoms with Crippen LogP contribution in [-0.4, -0.2) is 57.1 Å². The molecule has 10 nitrogen and oxygen atoms in total. The van der Waals surface area contributed by atoms with Crippen molar-refractivity contribution in [3.63, 3.8) is 0 Å². The molecular formula is C24H22FN5O5. The summed E-state index contributed by atoms with van der Waals surface area (Å²) in [6, 6.07) is 7.45. The SMILES string of the molecule is CN1C(=O)C(NC(=O)n2cc(Oc3cccc(F)n3)cn2)COc2ccc(C#CC(C)(C)O)cc21. The zero-order chi connectivity index (χ0) is 25.2. The number of ether oxygens (including phenoxy) is 2. The third-order valence-corrected chi connectivity index (χ3v) is 4.84. The van der Waals surface area contributed by atoms with Gasteiger partial charge in [-0.25, -0.2) is 4.79 Å². The molecular weight excluding hydrogens is 457 g/mol. The first-order chi connectivity index (χ1) is 16.6. The summed E-state index contributed by atoms with van der Waals surface area (Å²) in [4.78, 5) is 30.7. The highest BCUT2D eigenvalue weighted by Crippen LogP contribution is 2.31. The van der Waals surface area contributed by atoms with Crippen molar-refractivity contribution in [3.05, 3.63) is 60.3 Å². The molecule has 3 aromatic rings. The number of benzene rings is 1. The van der Waals surface area contributed by atoms with Crippen LogP contribution in [0.1, 0.15) is 19.4 Å². The van der Waals surface area contributed by atoms with Gasteiger partial charge in [0.2, 0.25) is 11.8 Å². The monoisotopic (exact) mass is 479 g/mol. The molecule has 1 aromatic carbocycles. The van der Waals surface area contributed by atoms with E-state index in [1.807, 2.05) is 0 Å². The molecule has 35 heavy (non-hydrogen) atoms. The van der Waals surface area contributed by atoms with Crippen molar-refractivity contribution in [2.75, 3.05) is 18.6 Å². The minimum absolute atomic E-state index is 0.00306. The van der Waals surface area contributed by atoms with Gasteiger partial charge < -0.3 is 24.8 Å². The van der Waals surface area contributed by atoms with E-state index in [-0.39, 0.29) is 18.2 Å². The van der Waals surface area contributed by atoms with E-state index in [9.17, 15) is 19.1 Å². The number of halogens is 1. The smallest absolute Gasteiger partial charge is 0.342 e. The van der Waals surface area contributed by atoms with Crippen molar-refractivity contribution in [2.24, 2.45) is 0 Å². The lowest BCUT2D eigenvalue weighted by atomic mass is 10.1. The summed E-state index contributed by atoms with van der Waals surface area (Å²) >= 11 is 0. The van der Waals surface area contributed by atoms with Crippen molar-refractivity contribution >= 4 is 17.6 Å². The third-order valence-electron chi connectivity index (χ3n) is 4.84. The Morgan fingerprint density at radius 2 is 2.14 bits per heavy atom. The van der Waals surface area contributed by atoms with Crippen molar-refractivity contribution in [1.82, 2.24) is 20.1 Å². The zero-order valence-electron chi connectivity index (χ0n) is 19.2. The first-order valence-corrected chi connectivity index (χ1v) is 10.5. The Kier molecular flexibility index (Phi) is 6.40. The summed E-state index contributed by atoms with van der Waals surface area (Å²) in [6.07, 6.45) is 2.53. The van der Waals surface area contributed by atoms with Gasteiger partial charge >= 0.3 is 6.03 Å². The van der Waals surface area contributed by atoms with Crippen LogP contribution in [0.15, 0.2) is 48.8 Å². The molecule has 2 aromatic heterocycles. The van der Waals surface area contributed by atoms with E-state index in [1.54, 1.807) is 39.1 Å². The summed E-state index contributed by atoms with van der Waals surface area (Å²) in [5.41, 5.74) is -0.0916. The molecule has 180 valence electrons. The number of nitrogens with one attached hydrogen (secondary N) is 1. The second-order valence-electron chi connectivity index (χ2n) is 8.22. The highest BCUT2D eigenvalue weighted by atomic mass is 19.1. The van der Waals surface area contributed by atoms with Crippen LogP contribution in [0.3, 0.4) is 0 Å². The number of anilines is 1. The van der Waals surface area contributed by atoms with Crippen LogP contribution in [0.25, 0.3) is 0 Å². The summed E-state index contributed by atoms with van der Waals surface area (Å²) in [7, 11) is 1.56. The molecule has 3 heterocycles. The van der Waals surface area contributed by atoms with Gasteiger partial charge in [0.25, 0.3) is 5.91 Å². The quantitative estimate of drug-likeness (QED) is 0.437. The van der Waals surface area contributed by atoms with Gasteiger partial charge in [-0.05, 0) is 38.1 Å². The normalized spacial score (nSPS) is 15.3. The minimum atomic E-state index is -1.16. The molecule has 1 aliphatic heterocycles. The Morgan fingerprint density at radius 3 is 2.89 bits per heavy atom. The fourth-order valence-corrected chi connectivity index (χ4v) is 3.16.